The summed E-state index contributed by atoms with van der Waals surface area (Å²) in [7, 11) is 0. The maximum absolute atomic E-state index is 10.2. The van der Waals surface area contributed by atoms with Gasteiger partial charge in [0.1, 0.15) is 0 Å². The first-order valence-corrected chi connectivity index (χ1v) is 8.12. The lowest BCUT2D eigenvalue weighted by Crippen LogP contribution is -2.27. The van der Waals surface area contributed by atoms with Gasteiger partial charge in [0, 0.05) is 21.2 Å². The Bertz CT molecular complexity index is 380. The van der Waals surface area contributed by atoms with Crippen LogP contribution in [0.2, 0.25) is 5.02 Å². The largest absolute Gasteiger partial charge is 0.392 e. The van der Waals surface area contributed by atoms with Gasteiger partial charge < -0.3 is 5.11 Å². The van der Waals surface area contributed by atoms with E-state index in [1.165, 1.54) is 18.6 Å². The third kappa shape index (κ3) is 3.88. The van der Waals surface area contributed by atoms with Crippen LogP contribution < -0.4 is 0 Å². The van der Waals surface area contributed by atoms with Gasteiger partial charge in [-0.2, -0.15) is 11.8 Å². The molecule has 1 nitrogen and oxygen atoms in total. The van der Waals surface area contributed by atoms with E-state index in [9.17, 15) is 5.11 Å². The fourth-order valence-electron chi connectivity index (χ4n) is 2.11. The predicted octanol–water partition coefficient (Wildman–Crippen LogP) is 4.29. The van der Waals surface area contributed by atoms with Gasteiger partial charge in [0.05, 0.1) is 6.10 Å². The summed E-state index contributed by atoms with van der Waals surface area (Å²) in [6, 6.07) is 5.85. The molecule has 0 amide bonds. The summed E-state index contributed by atoms with van der Waals surface area (Å²) in [5, 5.41) is 11.3. The molecule has 2 rings (SSSR count). The molecular weight excluding hydrogens is 320 g/mol. The van der Waals surface area contributed by atoms with Crippen molar-refractivity contribution in [1.82, 2.24) is 0 Å². The monoisotopic (exact) mass is 334 g/mol. The molecule has 0 bridgehead atoms. The van der Waals surface area contributed by atoms with Crippen molar-refractivity contribution in [2.75, 3.05) is 5.75 Å². The zero-order valence-electron chi connectivity index (χ0n) is 9.53. The molecule has 2 unspecified atom stereocenters. The number of aliphatic hydroxyl groups excluding tert-OH is 1. The third-order valence-electron chi connectivity index (χ3n) is 3.09. The smallest absolute Gasteiger partial charge is 0.0699 e. The van der Waals surface area contributed by atoms with Crippen LogP contribution >= 0.6 is 39.3 Å². The Kier molecular flexibility index (Phi) is 5.22. The molecule has 0 saturated carbocycles. The van der Waals surface area contributed by atoms with E-state index in [-0.39, 0.29) is 6.10 Å². The molecular formula is C13H16BrClOS. The number of hydrogen-bond donors (Lipinski definition) is 1. The van der Waals surface area contributed by atoms with E-state index in [2.05, 4.69) is 15.9 Å². The number of aliphatic hydroxyl groups is 1. The molecule has 1 saturated heterocycles. The lowest BCUT2D eigenvalue weighted by atomic mass is 10.0. The van der Waals surface area contributed by atoms with E-state index >= 15 is 0 Å². The highest BCUT2D eigenvalue weighted by atomic mass is 79.9. The van der Waals surface area contributed by atoms with Crippen LogP contribution in [0.1, 0.15) is 24.8 Å². The Morgan fingerprint density at radius 1 is 1.47 bits per heavy atom. The molecule has 0 aromatic heterocycles. The number of halogens is 2. The van der Waals surface area contributed by atoms with Crippen LogP contribution in [0.25, 0.3) is 0 Å². The van der Waals surface area contributed by atoms with Gasteiger partial charge in [-0.3, -0.25) is 0 Å². The van der Waals surface area contributed by atoms with E-state index in [1.54, 1.807) is 0 Å². The van der Waals surface area contributed by atoms with Gasteiger partial charge >= 0.3 is 0 Å². The molecule has 1 aliphatic heterocycles. The van der Waals surface area contributed by atoms with Crippen LogP contribution in [0.5, 0.6) is 0 Å². The molecule has 94 valence electrons. The first-order valence-electron chi connectivity index (χ1n) is 5.90. The molecule has 0 aliphatic carbocycles. The van der Waals surface area contributed by atoms with E-state index in [4.69, 9.17) is 11.6 Å². The van der Waals surface area contributed by atoms with Gasteiger partial charge in [0.2, 0.25) is 0 Å². The van der Waals surface area contributed by atoms with Crippen molar-refractivity contribution in [3.05, 3.63) is 33.3 Å². The topological polar surface area (TPSA) is 20.2 Å². The van der Waals surface area contributed by atoms with Gasteiger partial charge in [-0.25, -0.2) is 0 Å². The fourth-order valence-corrected chi connectivity index (χ4v) is 4.19. The summed E-state index contributed by atoms with van der Waals surface area (Å²) < 4.78 is 0.979. The van der Waals surface area contributed by atoms with Crippen LogP contribution in [0.4, 0.5) is 0 Å². The van der Waals surface area contributed by atoms with Crippen LogP contribution in [-0.4, -0.2) is 22.2 Å². The summed E-state index contributed by atoms with van der Waals surface area (Å²) >= 11 is 11.4. The predicted molar refractivity (Wildman–Crippen MR) is 79.0 cm³/mol. The van der Waals surface area contributed by atoms with Crippen molar-refractivity contribution in [2.24, 2.45) is 0 Å². The van der Waals surface area contributed by atoms with Crippen molar-refractivity contribution >= 4 is 39.3 Å². The average Bonchev–Trinajstić information content (AvgIpc) is 2.34. The summed E-state index contributed by atoms with van der Waals surface area (Å²) in [6.07, 6.45) is 4.03. The first-order chi connectivity index (χ1) is 8.16. The molecule has 1 heterocycles. The standard InChI is InChI=1S/C13H16BrClOS/c14-10-5-4-9(11(15)8-10)7-12(16)13-3-1-2-6-17-13/h4-5,8,12-13,16H,1-3,6-7H2. The zero-order valence-corrected chi connectivity index (χ0v) is 12.7. The zero-order chi connectivity index (χ0) is 12.3. The molecule has 1 fully saturated rings. The summed E-state index contributed by atoms with van der Waals surface area (Å²) in [6.45, 7) is 0. The number of hydrogen-bond acceptors (Lipinski definition) is 2. The maximum Gasteiger partial charge on any atom is 0.0699 e. The van der Waals surface area contributed by atoms with E-state index < -0.39 is 0 Å². The molecule has 1 aromatic rings. The van der Waals surface area contributed by atoms with E-state index in [0.717, 1.165) is 21.5 Å². The minimum absolute atomic E-state index is 0.279. The summed E-state index contributed by atoms with van der Waals surface area (Å²) in [5.74, 6) is 1.18. The SMILES string of the molecule is OC(Cc1ccc(Br)cc1Cl)C1CCCCS1. The normalized spacial score (nSPS) is 22.4. The lowest BCUT2D eigenvalue weighted by Gasteiger charge is -2.26. The van der Waals surface area contributed by atoms with Crippen molar-refractivity contribution in [2.45, 2.75) is 37.0 Å². The Balaban J connectivity index is 1.99. The highest BCUT2D eigenvalue weighted by Gasteiger charge is 2.23. The van der Waals surface area contributed by atoms with Gasteiger partial charge in [0.15, 0.2) is 0 Å². The molecule has 0 radical (unpaired) electrons. The number of benzene rings is 1. The number of rotatable bonds is 3. The molecule has 1 N–H and O–H groups in total. The van der Waals surface area contributed by atoms with E-state index in [1.807, 2.05) is 30.0 Å². The van der Waals surface area contributed by atoms with Crippen molar-refractivity contribution in [1.29, 1.82) is 0 Å². The van der Waals surface area contributed by atoms with Gasteiger partial charge in [-0.1, -0.05) is 40.0 Å². The van der Waals surface area contributed by atoms with Gasteiger partial charge in [0.25, 0.3) is 0 Å². The molecule has 4 heteroatoms. The molecule has 2 atom stereocenters. The van der Waals surface area contributed by atoms with Crippen molar-refractivity contribution < 1.29 is 5.11 Å². The molecule has 17 heavy (non-hydrogen) atoms. The second kappa shape index (κ2) is 6.46. The minimum atomic E-state index is -0.279. The average molecular weight is 336 g/mol. The van der Waals surface area contributed by atoms with Crippen molar-refractivity contribution in [3.63, 3.8) is 0 Å². The highest BCUT2D eigenvalue weighted by Crippen LogP contribution is 2.30. The number of thioether (sulfide) groups is 1. The second-order valence-electron chi connectivity index (χ2n) is 4.41. The minimum Gasteiger partial charge on any atom is -0.392 e. The Morgan fingerprint density at radius 2 is 2.29 bits per heavy atom. The first kappa shape index (κ1) is 13.7. The van der Waals surface area contributed by atoms with Crippen LogP contribution in [0, 0.1) is 0 Å². The third-order valence-corrected chi connectivity index (χ3v) is 5.44. The maximum atomic E-state index is 10.2. The van der Waals surface area contributed by atoms with Crippen LogP contribution in [0.15, 0.2) is 22.7 Å². The van der Waals surface area contributed by atoms with Crippen molar-refractivity contribution in [3.8, 4) is 0 Å². The highest BCUT2D eigenvalue weighted by molar-refractivity contribution is 9.10. The molecule has 1 aliphatic rings. The summed E-state index contributed by atoms with van der Waals surface area (Å²) in [5.41, 5.74) is 1.04. The Morgan fingerprint density at radius 3 is 2.94 bits per heavy atom. The Labute approximate surface area is 120 Å². The van der Waals surface area contributed by atoms with Crippen LogP contribution in [-0.2, 0) is 6.42 Å². The molecule has 0 spiro atoms. The second-order valence-corrected chi connectivity index (χ2v) is 7.08. The van der Waals surface area contributed by atoms with Gasteiger partial charge in [-0.15, -0.1) is 0 Å². The fraction of sp³-hybridized carbons (Fsp3) is 0.538. The lowest BCUT2D eigenvalue weighted by molar-refractivity contribution is 0.166. The van der Waals surface area contributed by atoms with E-state index in [0.29, 0.717) is 11.7 Å². The van der Waals surface area contributed by atoms with Gasteiger partial charge in [-0.05, 0) is 36.3 Å². The molecule has 1 aromatic carbocycles. The Hall–Kier alpha value is 0.300. The quantitative estimate of drug-likeness (QED) is 0.889. The summed E-state index contributed by atoms with van der Waals surface area (Å²) in [4.78, 5) is 0. The van der Waals surface area contributed by atoms with Crippen LogP contribution in [0.3, 0.4) is 0 Å².